The lowest BCUT2D eigenvalue weighted by Gasteiger charge is -2.21. The number of anilines is 2. The van der Waals surface area contributed by atoms with Crippen LogP contribution in [0.25, 0.3) is 5.82 Å². The molecule has 0 saturated carbocycles. The van der Waals surface area contributed by atoms with Crippen molar-refractivity contribution in [2.45, 2.75) is 6.54 Å². The Morgan fingerprint density at radius 2 is 1.89 bits per heavy atom. The quantitative estimate of drug-likeness (QED) is 0.634. The third-order valence-corrected chi connectivity index (χ3v) is 6.39. The number of rotatable bonds is 5. The van der Waals surface area contributed by atoms with Crippen molar-refractivity contribution >= 4 is 22.5 Å². The van der Waals surface area contributed by atoms with Crippen molar-refractivity contribution in [1.29, 1.82) is 0 Å². The Morgan fingerprint density at radius 3 is 2.57 bits per heavy atom. The van der Waals surface area contributed by atoms with Crippen LogP contribution >= 0.6 is 11.5 Å². The smallest absolute Gasteiger partial charge is 0.204 e. The predicted molar refractivity (Wildman–Crippen MR) is 108 cm³/mol. The molecule has 10 heteroatoms. The molecule has 2 saturated heterocycles. The van der Waals surface area contributed by atoms with E-state index in [1.54, 1.807) is 17.2 Å². The van der Waals surface area contributed by atoms with Gasteiger partial charge in [-0.05, 0) is 17.9 Å². The molecule has 28 heavy (non-hydrogen) atoms. The first-order valence-corrected chi connectivity index (χ1v) is 10.2. The molecule has 2 fully saturated rings. The minimum atomic E-state index is 0.662. The molecule has 146 valence electrons. The molecule has 2 aliphatic heterocycles. The molecule has 0 amide bonds. The van der Waals surface area contributed by atoms with Crippen molar-refractivity contribution in [2.24, 2.45) is 11.8 Å². The highest BCUT2D eigenvalue weighted by Gasteiger charge is 2.40. The zero-order chi connectivity index (χ0) is 19.1. The molecule has 5 rings (SSSR count). The molecule has 5 heterocycles. The van der Waals surface area contributed by atoms with Crippen molar-refractivity contribution < 1.29 is 0 Å². The molecule has 2 unspecified atom stereocenters. The molecule has 0 N–H and O–H groups in total. The van der Waals surface area contributed by atoms with Crippen molar-refractivity contribution in [3.63, 3.8) is 0 Å². The molecule has 0 aliphatic carbocycles. The fourth-order valence-electron chi connectivity index (χ4n) is 4.14. The molecule has 9 nitrogen and oxygen atoms in total. The highest BCUT2D eigenvalue weighted by atomic mass is 32.1. The van der Waals surface area contributed by atoms with Crippen LogP contribution in [0.1, 0.15) is 5.82 Å². The second kappa shape index (κ2) is 7.10. The largest absolute Gasteiger partial charge is 0.356 e. The monoisotopic (exact) mass is 397 g/mol. The van der Waals surface area contributed by atoms with Crippen LogP contribution in [0.3, 0.4) is 0 Å². The third-order valence-electron chi connectivity index (χ3n) is 5.47. The van der Waals surface area contributed by atoms with E-state index in [-0.39, 0.29) is 0 Å². The van der Waals surface area contributed by atoms with Gasteiger partial charge in [-0.15, -0.1) is 0 Å². The van der Waals surface area contributed by atoms with Crippen LogP contribution in [0.5, 0.6) is 0 Å². The van der Waals surface area contributed by atoms with Crippen LogP contribution in [-0.4, -0.2) is 74.3 Å². The molecular formula is C18H23N9S. The van der Waals surface area contributed by atoms with Gasteiger partial charge >= 0.3 is 0 Å². The molecular weight excluding hydrogens is 374 g/mol. The van der Waals surface area contributed by atoms with Gasteiger partial charge in [-0.3, -0.25) is 4.90 Å². The predicted octanol–water partition coefficient (Wildman–Crippen LogP) is 1.15. The fraction of sp³-hybridized carbons (Fsp3) is 0.500. The summed E-state index contributed by atoms with van der Waals surface area (Å²) in [6.07, 6.45) is 5.29. The first kappa shape index (κ1) is 17.5. The van der Waals surface area contributed by atoms with Crippen LogP contribution in [0.2, 0.25) is 0 Å². The SMILES string of the molecule is CN(C)c1nc(CN2CC3CN(c4cc(-n5cccn5)ncn4)CC3C2)ns1. The second-order valence-electron chi connectivity index (χ2n) is 7.69. The Balaban J connectivity index is 1.22. The summed E-state index contributed by atoms with van der Waals surface area (Å²) in [6, 6.07) is 3.92. The first-order valence-electron chi connectivity index (χ1n) is 9.45. The lowest BCUT2D eigenvalue weighted by molar-refractivity contribution is 0.302. The molecule has 3 aromatic heterocycles. The summed E-state index contributed by atoms with van der Waals surface area (Å²) in [4.78, 5) is 20.3. The van der Waals surface area contributed by atoms with E-state index in [2.05, 4.69) is 34.2 Å². The molecule has 2 aliphatic rings. The number of nitrogens with zero attached hydrogens (tertiary/aromatic N) is 9. The second-order valence-corrected chi connectivity index (χ2v) is 8.42. The van der Waals surface area contributed by atoms with Crippen LogP contribution in [0.15, 0.2) is 30.9 Å². The summed E-state index contributed by atoms with van der Waals surface area (Å²) in [5, 5.41) is 5.23. The van der Waals surface area contributed by atoms with Gasteiger partial charge in [0.15, 0.2) is 11.6 Å². The summed E-state index contributed by atoms with van der Waals surface area (Å²) < 4.78 is 6.27. The topological polar surface area (TPSA) is 79.1 Å². The molecule has 0 aromatic carbocycles. The minimum absolute atomic E-state index is 0.662. The Labute approximate surface area is 167 Å². The Hall–Kier alpha value is -2.59. The molecule has 0 radical (unpaired) electrons. The Morgan fingerprint density at radius 1 is 1.11 bits per heavy atom. The Kier molecular flexibility index (Phi) is 4.44. The van der Waals surface area contributed by atoms with Crippen LogP contribution < -0.4 is 9.80 Å². The van der Waals surface area contributed by atoms with Gasteiger partial charge in [0.25, 0.3) is 0 Å². The van der Waals surface area contributed by atoms with E-state index >= 15 is 0 Å². The van der Waals surface area contributed by atoms with Crippen LogP contribution in [0.4, 0.5) is 10.9 Å². The molecule has 2 atom stereocenters. The number of hydrogen-bond donors (Lipinski definition) is 0. The van der Waals surface area contributed by atoms with E-state index in [0.29, 0.717) is 11.8 Å². The molecule has 0 bridgehead atoms. The zero-order valence-electron chi connectivity index (χ0n) is 16.0. The van der Waals surface area contributed by atoms with E-state index in [1.807, 2.05) is 37.3 Å². The van der Waals surface area contributed by atoms with Gasteiger partial charge in [0, 0.05) is 70.3 Å². The summed E-state index contributed by atoms with van der Waals surface area (Å²) in [5.41, 5.74) is 0. The van der Waals surface area contributed by atoms with Crippen LogP contribution in [-0.2, 0) is 6.54 Å². The normalized spacial score (nSPS) is 22.0. The van der Waals surface area contributed by atoms with Crippen molar-refractivity contribution in [3.8, 4) is 5.82 Å². The number of hydrogen-bond acceptors (Lipinski definition) is 9. The lowest BCUT2D eigenvalue weighted by atomic mass is 10.0. The van der Waals surface area contributed by atoms with Gasteiger partial charge in [0.05, 0.1) is 6.54 Å². The summed E-state index contributed by atoms with van der Waals surface area (Å²) in [6.45, 7) is 5.09. The summed E-state index contributed by atoms with van der Waals surface area (Å²) in [5.74, 6) is 4.05. The van der Waals surface area contributed by atoms with Gasteiger partial charge in [-0.2, -0.15) is 9.47 Å². The molecule has 3 aromatic rings. The van der Waals surface area contributed by atoms with Gasteiger partial charge < -0.3 is 9.80 Å². The standard InChI is InChI=1S/C18H23N9S/c1-24(2)18-22-15(23-28-18)11-25-7-13-9-26(10-14(13)8-25)16-6-17(20-12-19-16)27-5-3-4-21-27/h3-6,12-14H,7-11H2,1-2H3. The van der Waals surface area contributed by atoms with Crippen LogP contribution in [0, 0.1) is 11.8 Å². The van der Waals surface area contributed by atoms with Gasteiger partial charge in [-0.25, -0.2) is 19.6 Å². The highest BCUT2D eigenvalue weighted by molar-refractivity contribution is 7.09. The van der Waals surface area contributed by atoms with E-state index in [0.717, 1.165) is 55.3 Å². The maximum atomic E-state index is 4.62. The summed E-state index contributed by atoms with van der Waals surface area (Å²) >= 11 is 1.47. The van der Waals surface area contributed by atoms with Crippen molar-refractivity contribution in [1.82, 2.24) is 34.0 Å². The average molecular weight is 398 g/mol. The van der Waals surface area contributed by atoms with E-state index in [4.69, 9.17) is 0 Å². The lowest BCUT2D eigenvalue weighted by Crippen LogP contribution is -2.29. The molecule has 0 spiro atoms. The van der Waals surface area contributed by atoms with Gasteiger partial charge in [-0.1, -0.05) is 0 Å². The average Bonchev–Trinajstić information content (AvgIpc) is 3.46. The van der Waals surface area contributed by atoms with Crippen molar-refractivity contribution in [2.75, 3.05) is 50.1 Å². The Bertz CT molecular complexity index is 924. The minimum Gasteiger partial charge on any atom is -0.356 e. The highest BCUT2D eigenvalue weighted by Crippen LogP contribution is 2.34. The van der Waals surface area contributed by atoms with E-state index in [9.17, 15) is 0 Å². The zero-order valence-corrected chi connectivity index (χ0v) is 16.8. The number of likely N-dealkylation sites (tertiary alicyclic amines) is 1. The maximum Gasteiger partial charge on any atom is 0.204 e. The van der Waals surface area contributed by atoms with Gasteiger partial charge in [0.2, 0.25) is 5.13 Å². The maximum absolute atomic E-state index is 4.62. The third kappa shape index (κ3) is 3.33. The summed E-state index contributed by atoms with van der Waals surface area (Å²) in [7, 11) is 4.01. The first-order chi connectivity index (χ1) is 13.7. The number of aromatic nitrogens is 6. The van der Waals surface area contributed by atoms with E-state index in [1.165, 1.54) is 11.5 Å². The van der Waals surface area contributed by atoms with Gasteiger partial charge in [0.1, 0.15) is 12.1 Å². The van der Waals surface area contributed by atoms with E-state index < -0.39 is 0 Å². The fourth-order valence-corrected chi connectivity index (χ4v) is 4.73. The van der Waals surface area contributed by atoms with Crippen molar-refractivity contribution in [3.05, 3.63) is 36.7 Å². The number of fused-ring (bicyclic) bond motifs is 1.